The topological polar surface area (TPSA) is 177 Å². The van der Waals surface area contributed by atoms with Gasteiger partial charge in [-0.3, -0.25) is 9.59 Å². The fourth-order valence-electron chi connectivity index (χ4n) is 5.73. The highest BCUT2D eigenvalue weighted by Crippen LogP contribution is 2.32. The number of aliphatic hydroxyl groups is 1. The molecule has 356 valence electrons. The standard InChI is InChI=1S/C21H18BrF3N2O2.C20H16BrF3N2O3.CH2Cl2.2CO2/c1-3-16-10-11-27(26-16)19-9-6-15(22)12-18(19)13(2)20(28)14-4-7-17(8-5-14)29-21(23,24)25;1-2-14-9-10-26(25-14)17-8-5-13(21)11-16(17)19(28)18(27)12-3-6-15(7-4-12)29-20(22,23)24;3*2-1-3/h4-13H,3H2,1-2H3;3-11,19,28H,2H2,1H3;1H2;;. The van der Waals surface area contributed by atoms with Crippen molar-refractivity contribution in [2.75, 3.05) is 5.34 Å². The summed E-state index contributed by atoms with van der Waals surface area (Å²) in [4.78, 5) is 58.2. The number of benzene rings is 4. The van der Waals surface area contributed by atoms with Crippen molar-refractivity contribution in [3.8, 4) is 22.9 Å². The molecule has 1 N–H and O–H groups in total. The fourth-order valence-corrected chi connectivity index (χ4v) is 6.49. The van der Waals surface area contributed by atoms with Crippen LogP contribution in [-0.4, -0.2) is 66.6 Å². The van der Waals surface area contributed by atoms with E-state index >= 15 is 0 Å². The maximum absolute atomic E-state index is 13.0. The first-order valence-electron chi connectivity index (χ1n) is 18.9. The lowest BCUT2D eigenvalue weighted by Gasteiger charge is -2.17. The van der Waals surface area contributed by atoms with Crippen LogP contribution in [0.25, 0.3) is 11.4 Å². The first kappa shape index (κ1) is 57.2. The Morgan fingerprint density at radius 3 is 1.33 bits per heavy atom. The Hall–Kier alpha value is -5.92. The zero-order valence-corrected chi connectivity index (χ0v) is 39.6. The monoisotopic (exact) mass is 1110 g/mol. The number of Topliss-reactive ketones (excluding diaryl/α,β-unsaturated/α-hetero) is 2. The zero-order valence-electron chi connectivity index (χ0n) is 35.0. The smallest absolute Gasteiger partial charge is 0.406 e. The van der Waals surface area contributed by atoms with E-state index in [2.05, 4.69) is 51.5 Å². The lowest BCUT2D eigenvalue weighted by molar-refractivity contribution is -0.275. The Kier molecular flexibility index (Phi) is 23.6. The lowest BCUT2D eigenvalue weighted by atomic mass is 9.91. The highest BCUT2D eigenvalue weighted by Gasteiger charge is 2.32. The Morgan fingerprint density at radius 2 is 0.985 bits per heavy atom. The third kappa shape index (κ3) is 18.7. The van der Waals surface area contributed by atoms with Gasteiger partial charge in [0.1, 0.15) is 17.6 Å². The van der Waals surface area contributed by atoms with Crippen molar-refractivity contribution in [1.82, 2.24) is 19.6 Å². The van der Waals surface area contributed by atoms with Crippen LogP contribution in [0.3, 0.4) is 0 Å². The molecule has 0 radical (unpaired) electrons. The van der Waals surface area contributed by atoms with Crippen molar-refractivity contribution in [2.24, 2.45) is 0 Å². The van der Waals surface area contributed by atoms with E-state index in [-0.39, 0.29) is 34.7 Å². The number of carbonyl (C=O) groups excluding carboxylic acids is 6. The second-order valence-corrected chi connectivity index (χ2v) is 15.5. The summed E-state index contributed by atoms with van der Waals surface area (Å²) in [6.07, 6.45) is -5.54. The van der Waals surface area contributed by atoms with Crippen molar-refractivity contribution in [3.05, 3.63) is 152 Å². The number of hydrogen-bond donors (Lipinski definition) is 1. The van der Waals surface area contributed by atoms with Gasteiger partial charge < -0.3 is 14.6 Å². The molecule has 0 saturated heterocycles. The molecule has 2 unspecified atom stereocenters. The summed E-state index contributed by atoms with van der Waals surface area (Å²) in [5, 5.41) is 19.8. The maximum Gasteiger partial charge on any atom is 0.573 e. The van der Waals surface area contributed by atoms with Gasteiger partial charge in [-0.1, -0.05) is 52.6 Å². The number of aliphatic hydroxyl groups excluding tert-OH is 1. The molecule has 0 aliphatic heterocycles. The molecule has 0 aliphatic carbocycles. The van der Waals surface area contributed by atoms with Crippen LogP contribution >= 0.6 is 55.1 Å². The number of aryl methyl sites for hydroxylation is 2. The average molecular weight is 1110 g/mol. The molecule has 2 atom stereocenters. The van der Waals surface area contributed by atoms with Crippen molar-refractivity contribution < 1.29 is 69.7 Å². The van der Waals surface area contributed by atoms with E-state index in [0.29, 0.717) is 21.3 Å². The predicted octanol–water partition coefficient (Wildman–Crippen LogP) is 11.3. The van der Waals surface area contributed by atoms with Crippen LogP contribution in [0.1, 0.15) is 76.0 Å². The van der Waals surface area contributed by atoms with E-state index in [1.165, 1.54) is 24.3 Å². The minimum atomic E-state index is -4.82. The fraction of sp³-hybridized carbons (Fsp3) is 0.227. The normalized spacial score (nSPS) is 11.4. The molecule has 6 aromatic rings. The zero-order chi connectivity index (χ0) is 50.5. The summed E-state index contributed by atoms with van der Waals surface area (Å²) in [7, 11) is 0. The van der Waals surface area contributed by atoms with E-state index in [4.69, 9.17) is 42.4 Å². The van der Waals surface area contributed by atoms with Gasteiger partial charge in [-0.25, -0.2) is 9.36 Å². The van der Waals surface area contributed by atoms with Gasteiger partial charge in [0.25, 0.3) is 0 Å². The molecule has 67 heavy (non-hydrogen) atoms. The molecular formula is C44H36Br2Cl2F6N4O9. The average Bonchev–Trinajstić information content (AvgIpc) is 3.97. The summed E-state index contributed by atoms with van der Waals surface area (Å²) in [5.74, 6) is -2.23. The van der Waals surface area contributed by atoms with Crippen LogP contribution in [0.15, 0.2) is 118 Å². The van der Waals surface area contributed by atoms with E-state index in [1.807, 2.05) is 50.4 Å². The molecule has 6 rings (SSSR count). The minimum absolute atomic E-state index is 0.0488. The summed E-state index contributed by atoms with van der Waals surface area (Å²) >= 11 is 16.3. The van der Waals surface area contributed by atoms with Crippen LogP contribution in [0.5, 0.6) is 11.5 Å². The molecule has 0 amide bonds. The number of aromatic nitrogens is 4. The molecule has 0 fully saturated rings. The van der Waals surface area contributed by atoms with Crippen LogP contribution in [0.2, 0.25) is 0 Å². The lowest BCUT2D eigenvalue weighted by Crippen LogP contribution is -2.17. The molecule has 13 nitrogen and oxygen atoms in total. The summed E-state index contributed by atoms with van der Waals surface area (Å²) in [5.41, 5.74) is 4.48. The number of carbonyl (C=O) groups is 2. The summed E-state index contributed by atoms with van der Waals surface area (Å²) in [6, 6.07) is 23.7. The minimum Gasteiger partial charge on any atom is -0.406 e. The number of rotatable bonds is 12. The molecule has 2 heterocycles. The number of ether oxygens (including phenoxy) is 2. The number of halogens is 10. The van der Waals surface area contributed by atoms with Gasteiger partial charge in [0.15, 0.2) is 11.6 Å². The molecule has 4 aromatic carbocycles. The number of alkyl halides is 8. The number of ketones is 2. The van der Waals surface area contributed by atoms with Gasteiger partial charge in [0.2, 0.25) is 0 Å². The Labute approximate surface area is 404 Å². The van der Waals surface area contributed by atoms with E-state index in [0.717, 1.165) is 64.2 Å². The predicted molar refractivity (Wildman–Crippen MR) is 236 cm³/mol. The molecule has 0 aliphatic rings. The van der Waals surface area contributed by atoms with Crippen molar-refractivity contribution in [2.45, 2.75) is 58.4 Å². The van der Waals surface area contributed by atoms with Crippen molar-refractivity contribution in [1.29, 1.82) is 0 Å². The van der Waals surface area contributed by atoms with Gasteiger partial charge in [-0.05, 0) is 115 Å². The Balaban J connectivity index is 0.000000391. The van der Waals surface area contributed by atoms with Crippen molar-refractivity contribution in [3.63, 3.8) is 0 Å². The summed E-state index contributed by atoms with van der Waals surface area (Å²) in [6.45, 7) is 5.73. The van der Waals surface area contributed by atoms with Crippen LogP contribution in [0, 0.1) is 0 Å². The van der Waals surface area contributed by atoms with Crippen molar-refractivity contribution >= 4 is 78.9 Å². The molecule has 0 saturated carbocycles. The van der Waals surface area contributed by atoms with Gasteiger partial charge in [0.05, 0.1) is 28.1 Å². The molecular weight excluding hydrogens is 1070 g/mol. The molecule has 0 spiro atoms. The van der Waals surface area contributed by atoms with Gasteiger partial charge in [-0.15, -0.1) is 49.5 Å². The van der Waals surface area contributed by atoms with Crippen LogP contribution < -0.4 is 9.47 Å². The summed E-state index contributed by atoms with van der Waals surface area (Å²) < 4.78 is 86.2. The number of hydrogen-bond acceptors (Lipinski definition) is 11. The maximum atomic E-state index is 13.0. The highest BCUT2D eigenvalue weighted by atomic mass is 79.9. The van der Waals surface area contributed by atoms with E-state index in [9.17, 15) is 41.0 Å². The van der Waals surface area contributed by atoms with Crippen LogP contribution in [0.4, 0.5) is 26.3 Å². The largest absolute Gasteiger partial charge is 0.573 e. The SMILES string of the molecule is CCc1ccn(-c2ccc(Br)cc2C(C)C(=O)c2ccc(OC(F)(F)F)cc2)n1.CCc1ccn(-c2ccc(Br)cc2C(O)C(=O)c2ccc(OC(F)(F)F)cc2)n1.ClCCl.O=C=O.O=C=O. The highest BCUT2D eigenvalue weighted by molar-refractivity contribution is 9.10. The van der Waals surface area contributed by atoms with E-state index in [1.54, 1.807) is 40.7 Å². The third-order valence-corrected chi connectivity index (χ3v) is 9.62. The molecule has 2 aromatic heterocycles. The van der Waals surface area contributed by atoms with Gasteiger partial charge in [-0.2, -0.15) is 29.4 Å². The van der Waals surface area contributed by atoms with E-state index < -0.39 is 36.3 Å². The quantitative estimate of drug-likeness (QED) is 0.0701. The Morgan fingerprint density at radius 1 is 0.642 bits per heavy atom. The first-order valence-corrected chi connectivity index (χ1v) is 21.5. The second kappa shape index (κ2) is 27.7. The van der Waals surface area contributed by atoms with Gasteiger partial charge >= 0.3 is 25.0 Å². The molecule has 0 bridgehead atoms. The first-order chi connectivity index (χ1) is 31.6. The Bertz CT molecular complexity index is 2420. The van der Waals surface area contributed by atoms with Gasteiger partial charge in [0, 0.05) is 43.9 Å². The second-order valence-electron chi connectivity index (χ2n) is 12.9. The van der Waals surface area contributed by atoms with Crippen LogP contribution in [-0.2, 0) is 32.0 Å². The number of nitrogens with zero attached hydrogens (tertiary/aromatic N) is 4. The molecule has 23 heteroatoms. The third-order valence-electron chi connectivity index (χ3n) is 8.63.